The number of carbonyl (C=O) groups is 1. The van der Waals surface area contributed by atoms with Crippen molar-refractivity contribution in [1.29, 1.82) is 0 Å². The van der Waals surface area contributed by atoms with Crippen molar-refractivity contribution in [1.82, 2.24) is 0 Å². The second kappa shape index (κ2) is 18.3. The lowest BCUT2D eigenvalue weighted by Gasteiger charge is -2.18. The Morgan fingerprint density at radius 2 is 1.30 bits per heavy atom. The van der Waals surface area contributed by atoms with Gasteiger partial charge in [-0.15, -0.1) is 0 Å². The zero-order valence-electron chi connectivity index (χ0n) is 21.8. The minimum absolute atomic E-state index is 0.124. The van der Waals surface area contributed by atoms with Crippen LogP contribution < -0.4 is 0 Å². The molecule has 0 atom stereocenters. The van der Waals surface area contributed by atoms with Gasteiger partial charge in [-0.2, -0.15) is 0 Å². The molecular weight excluding hydrogens is 404 g/mol. The standard InChI is InChI=1S/C31H48O2/c1-5-6-7-8-9-10-11-12-13-14-15-16-17-18-19-20-25-33-30(32)26-28-21-23-29(24-22-28)27-31(2,3)4/h9-10,12-13,15-16,21-24H,5-8,11,14,17-20,25-27H2,1-4H3/b10-9-,13-12-,16-15-. The van der Waals surface area contributed by atoms with Gasteiger partial charge in [0.1, 0.15) is 0 Å². The molecule has 0 fully saturated rings. The van der Waals surface area contributed by atoms with Gasteiger partial charge in [-0.05, 0) is 74.3 Å². The molecule has 1 rings (SSSR count). The van der Waals surface area contributed by atoms with E-state index < -0.39 is 0 Å². The van der Waals surface area contributed by atoms with Crippen LogP contribution in [0.2, 0.25) is 0 Å². The number of carbonyl (C=O) groups excluding carboxylic acids is 1. The number of hydrogen-bond donors (Lipinski definition) is 0. The largest absolute Gasteiger partial charge is 0.465 e. The fourth-order valence-electron chi connectivity index (χ4n) is 3.62. The van der Waals surface area contributed by atoms with Crippen molar-refractivity contribution in [3.63, 3.8) is 0 Å². The maximum Gasteiger partial charge on any atom is 0.310 e. The molecule has 2 heteroatoms. The van der Waals surface area contributed by atoms with E-state index >= 15 is 0 Å². The summed E-state index contributed by atoms with van der Waals surface area (Å²) in [6.07, 6.45) is 26.5. The average Bonchev–Trinajstić information content (AvgIpc) is 2.76. The highest BCUT2D eigenvalue weighted by Crippen LogP contribution is 2.20. The highest BCUT2D eigenvalue weighted by Gasteiger charge is 2.11. The lowest BCUT2D eigenvalue weighted by molar-refractivity contribution is -0.142. The van der Waals surface area contributed by atoms with Crippen molar-refractivity contribution in [2.45, 2.75) is 105 Å². The molecule has 0 saturated carbocycles. The molecule has 0 bridgehead atoms. The lowest BCUT2D eigenvalue weighted by atomic mass is 9.88. The van der Waals surface area contributed by atoms with Crippen LogP contribution in [0.25, 0.3) is 0 Å². The molecule has 184 valence electrons. The Morgan fingerprint density at radius 1 is 0.758 bits per heavy atom. The van der Waals surface area contributed by atoms with Gasteiger partial charge in [0.05, 0.1) is 13.0 Å². The van der Waals surface area contributed by atoms with E-state index in [4.69, 9.17) is 4.74 Å². The number of esters is 1. The number of ether oxygens (including phenoxy) is 1. The summed E-state index contributed by atoms with van der Waals surface area (Å²) in [5.41, 5.74) is 2.62. The highest BCUT2D eigenvalue weighted by molar-refractivity contribution is 5.72. The van der Waals surface area contributed by atoms with Crippen molar-refractivity contribution in [3.8, 4) is 0 Å². The third-order valence-electron chi connectivity index (χ3n) is 5.40. The van der Waals surface area contributed by atoms with E-state index in [-0.39, 0.29) is 11.4 Å². The van der Waals surface area contributed by atoms with Gasteiger partial charge in [0.2, 0.25) is 0 Å². The quantitative estimate of drug-likeness (QED) is 0.134. The molecule has 0 spiro atoms. The van der Waals surface area contributed by atoms with Gasteiger partial charge >= 0.3 is 5.97 Å². The monoisotopic (exact) mass is 452 g/mol. The maximum absolute atomic E-state index is 12.0. The molecule has 0 saturated heterocycles. The van der Waals surface area contributed by atoms with E-state index in [2.05, 4.69) is 88.4 Å². The molecule has 0 aliphatic rings. The number of allylic oxidation sites excluding steroid dienone is 6. The van der Waals surface area contributed by atoms with E-state index in [0.717, 1.165) is 50.5 Å². The minimum Gasteiger partial charge on any atom is -0.465 e. The summed E-state index contributed by atoms with van der Waals surface area (Å²) in [5.74, 6) is -0.124. The molecule has 33 heavy (non-hydrogen) atoms. The van der Waals surface area contributed by atoms with E-state index in [1.54, 1.807) is 0 Å². The van der Waals surface area contributed by atoms with Crippen LogP contribution in [0.5, 0.6) is 0 Å². The first kappa shape index (κ1) is 28.9. The Morgan fingerprint density at radius 3 is 1.88 bits per heavy atom. The fourth-order valence-corrected chi connectivity index (χ4v) is 3.62. The molecule has 0 unspecified atom stereocenters. The van der Waals surface area contributed by atoms with Crippen LogP contribution in [-0.2, 0) is 22.4 Å². The molecule has 1 aromatic rings. The fraction of sp³-hybridized carbons (Fsp3) is 0.581. The minimum atomic E-state index is -0.124. The van der Waals surface area contributed by atoms with Crippen LogP contribution in [0.1, 0.15) is 103 Å². The van der Waals surface area contributed by atoms with E-state index in [1.807, 2.05) is 0 Å². The highest BCUT2D eigenvalue weighted by atomic mass is 16.5. The van der Waals surface area contributed by atoms with Crippen LogP contribution in [0.3, 0.4) is 0 Å². The van der Waals surface area contributed by atoms with E-state index in [0.29, 0.717) is 13.0 Å². The predicted molar refractivity (Wildman–Crippen MR) is 144 cm³/mol. The Balaban J connectivity index is 2.00. The van der Waals surface area contributed by atoms with Gasteiger partial charge in [0, 0.05) is 0 Å². The topological polar surface area (TPSA) is 26.3 Å². The first-order valence-corrected chi connectivity index (χ1v) is 13.1. The van der Waals surface area contributed by atoms with Crippen LogP contribution >= 0.6 is 0 Å². The molecule has 0 aromatic heterocycles. The molecule has 2 nitrogen and oxygen atoms in total. The van der Waals surface area contributed by atoms with Crippen LogP contribution in [0.4, 0.5) is 0 Å². The average molecular weight is 453 g/mol. The normalized spacial score (nSPS) is 12.4. The molecule has 0 aliphatic heterocycles. The van der Waals surface area contributed by atoms with Gasteiger partial charge in [0.25, 0.3) is 0 Å². The Hall–Kier alpha value is -2.09. The predicted octanol–water partition coefficient (Wildman–Crippen LogP) is 8.95. The Bertz CT molecular complexity index is 701. The Kier molecular flexibility index (Phi) is 16.1. The first-order valence-electron chi connectivity index (χ1n) is 13.1. The second-order valence-electron chi connectivity index (χ2n) is 10.2. The zero-order chi connectivity index (χ0) is 24.2. The smallest absolute Gasteiger partial charge is 0.310 e. The molecule has 0 heterocycles. The third kappa shape index (κ3) is 18.1. The molecular formula is C31H48O2. The summed E-state index contributed by atoms with van der Waals surface area (Å²) < 4.78 is 5.40. The summed E-state index contributed by atoms with van der Waals surface area (Å²) >= 11 is 0. The Labute approximate surface area is 204 Å². The van der Waals surface area contributed by atoms with Gasteiger partial charge in [-0.3, -0.25) is 4.79 Å². The maximum atomic E-state index is 12.0. The number of unbranched alkanes of at least 4 members (excludes halogenated alkanes) is 6. The third-order valence-corrected chi connectivity index (χ3v) is 5.40. The SMILES string of the molecule is CCCCC/C=C\C/C=C\C/C=C\CCCCCOC(=O)Cc1ccc(CC(C)(C)C)cc1. The van der Waals surface area contributed by atoms with Crippen molar-refractivity contribution in [2.75, 3.05) is 6.61 Å². The van der Waals surface area contributed by atoms with Crippen LogP contribution in [0.15, 0.2) is 60.7 Å². The van der Waals surface area contributed by atoms with Gasteiger partial charge in [0.15, 0.2) is 0 Å². The molecule has 0 N–H and O–H groups in total. The van der Waals surface area contributed by atoms with Crippen LogP contribution in [-0.4, -0.2) is 12.6 Å². The number of benzene rings is 1. The summed E-state index contributed by atoms with van der Waals surface area (Å²) in [5, 5.41) is 0. The van der Waals surface area contributed by atoms with E-state index in [9.17, 15) is 4.79 Å². The van der Waals surface area contributed by atoms with Gasteiger partial charge in [-0.25, -0.2) is 0 Å². The molecule has 0 amide bonds. The van der Waals surface area contributed by atoms with Crippen molar-refractivity contribution in [3.05, 3.63) is 71.8 Å². The summed E-state index contributed by atoms with van der Waals surface area (Å²) in [7, 11) is 0. The van der Waals surface area contributed by atoms with Crippen molar-refractivity contribution in [2.24, 2.45) is 5.41 Å². The van der Waals surface area contributed by atoms with E-state index in [1.165, 1.54) is 31.2 Å². The zero-order valence-corrected chi connectivity index (χ0v) is 21.8. The summed E-state index contributed by atoms with van der Waals surface area (Å²) in [6.45, 7) is 9.49. The molecule has 0 aliphatic carbocycles. The van der Waals surface area contributed by atoms with Crippen LogP contribution in [0, 0.1) is 5.41 Å². The first-order chi connectivity index (χ1) is 15.9. The lowest BCUT2D eigenvalue weighted by Crippen LogP contribution is -2.10. The molecule has 0 radical (unpaired) electrons. The number of rotatable bonds is 17. The summed E-state index contributed by atoms with van der Waals surface area (Å²) in [6, 6.07) is 8.36. The second-order valence-corrected chi connectivity index (χ2v) is 10.2. The molecule has 1 aromatic carbocycles. The summed E-state index contributed by atoms with van der Waals surface area (Å²) in [4.78, 5) is 12.0. The van der Waals surface area contributed by atoms with Gasteiger partial charge < -0.3 is 4.74 Å². The number of hydrogen-bond acceptors (Lipinski definition) is 2. The van der Waals surface area contributed by atoms with Gasteiger partial charge in [-0.1, -0.05) is 101 Å². The van der Waals surface area contributed by atoms with Crippen molar-refractivity contribution >= 4 is 5.97 Å². The van der Waals surface area contributed by atoms with Crippen molar-refractivity contribution < 1.29 is 9.53 Å².